The monoisotopic (exact) mass is 1210 g/mol. The molecule has 0 amide bonds. The van der Waals surface area contributed by atoms with Crippen LogP contribution in [-0.2, 0) is 0 Å². The van der Waals surface area contributed by atoms with Crippen LogP contribution in [0.15, 0.2) is 297 Å². The van der Waals surface area contributed by atoms with Crippen molar-refractivity contribution in [2.24, 2.45) is 0 Å². The summed E-state index contributed by atoms with van der Waals surface area (Å²) in [7, 11) is 0. The molecule has 8 aromatic heterocycles. The van der Waals surface area contributed by atoms with Crippen LogP contribution in [0.2, 0.25) is 0 Å². The number of para-hydroxylation sites is 6. The number of rotatable bonds is 4. The van der Waals surface area contributed by atoms with Crippen molar-refractivity contribution >= 4 is 194 Å². The first-order valence-electron chi connectivity index (χ1n) is 31.0. The highest BCUT2D eigenvalue weighted by Gasteiger charge is 2.23. The highest BCUT2D eigenvalue weighted by atomic mass is 32.1. The molecule has 0 N–H and O–H groups in total. The van der Waals surface area contributed by atoms with Gasteiger partial charge in [-0.15, -0.1) is 22.7 Å². The van der Waals surface area contributed by atoms with Crippen molar-refractivity contribution in [3.63, 3.8) is 0 Å². The molecule has 92 heavy (non-hydrogen) atoms. The molecule has 0 saturated carbocycles. The minimum Gasteiger partial charge on any atom is -0.456 e. The largest absolute Gasteiger partial charge is 0.456 e. The number of aromatic nitrogens is 2. The number of hydrogen-bond donors (Lipinski definition) is 0. The van der Waals surface area contributed by atoms with Gasteiger partial charge >= 0.3 is 0 Å². The van der Waals surface area contributed by atoms with E-state index >= 15 is 0 Å². The van der Waals surface area contributed by atoms with Crippen LogP contribution in [0, 0.1) is 0 Å². The van der Waals surface area contributed by atoms with E-state index in [1.54, 1.807) is 0 Å². The van der Waals surface area contributed by atoms with Gasteiger partial charge in [-0.05, 0) is 120 Å². The number of furan rings is 4. The van der Waals surface area contributed by atoms with Crippen molar-refractivity contribution in [2.75, 3.05) is 0 Å². The van der Waals surface area contributed by atoms with E-state index < -0.39 is 0 Å². The van der Waals surface area contributed by atoms with Crippen molar-refractivity contribution in [1.29, 1.82) is 0 Å². The van der Waals surface area contributed by atoms with E-state index in [-0.39, 0.29) is 0 Å². The van der Waals surface area contributed by atoms with Gasteiger partial charge in [-0.25, -0.2) is 0 Å². The molecule has 428 valence electrons. The summed E-state index contributed by atoms with van der Waals surface area (Å²) in [5.41, 5.74) is 19.3. The van der Waals surface area contributed by atoms with Gasteiger partial charge in [0.2, 0.25) is 0 Å². The SMILES string of the molecule is c1ccc2c(c1)oc1c2ccc2c1c1ccccc1n2-c1ccc2sc3c(-c4cccc5oc6ccccc6c45)cccc3c2c1.c1ccc2c(c1)oc1cc3c4ccccc4n(-c4ccc5sc6c(-c7cccc8oc9ccccc9c78)cccc6c5c4)c3cc12. The molecule has 8 heteroatoms. The number of fused-ring (bicyclic) bond motifs is 25. The Bertz CT molecular complexity index is 6910. The fraction of sp³-hybridized carbons (Fsp3) is 0. The molecular weight excluding hydrogens is 1170 g/mol. The summed E-state index contributed by atoms with van der Waals surface area (Å²) in [6.07, 6.45) is 0. The van der Waals surface area contributed by atoms with E-state index in [2.05, 4.69) is 258 Å². The predicted molar refractivity (Wildman–Crippen MR) is 387 cm³/mol. The molecular formula is C84H46N2O4S2. The van der Waals surface area contributed by atoms with Gasteiger partial charge in [0.1, 0.15) is 44.7 Å². The molecule has 14 aromatic carbocycles. The maximum Gasteiger partial charge on any atom is 0.145 e. The van der Waals surface area contributed by atoms with Crippen LogP contribution >= 0.6 is 22.7 Å². The molecule has 8 heterocycles. The second kappa shape index (κ2) is 18.9. The normalized spacial score (nSPS) is 12.3. The summed E-state index contributed by atoms with van der Waals surface area (Å²) in [5, 5.41) is 19.1. The van der Waals surface area contributed by atoms with E-state index in [4.69, 9.17) is 17.7 Å². The van der Waals surface area contributed by atoms with Gasteiger partial charge in [0.05, 0.1) is 27.5 Å². The molecule has 22 aromatic rings. The fourth-order valence-electron chi connectivity index (χ4n) is 15.3. The Morgan fingerprint density at radius 3 is 1.25 bits per heavy atom. The Kier molecular flexibility index (Phi) is 10.3. The molecule has 0 atom stereocenters. The van der Waals surface area contributed by atoms with Gasteiger partial charge in [-0.2, -0.15) is 0 Å². The molecule has 0 aliphatic carbocycles. The summed E-state index contributed by atoms with van der Waals surface area (Å²) in [6.45, 7) is 0. The zero-order chi connectivity index (χ0) is 59.9. The Labute approximate surface area is 530 Å². The number of nitrogens with zero attached hydrogens (tertiary/aromatic N) is 2. The Hall–Kier alpha value is -11.7. The zero-order valence-corrected chi connectivity index (χ0v) is 50.5. The van der Waals surface area contributed by atoms with E-state index in [1.807, 2.05) is 53.0 Å². The van der Waals surface area contributed by atoms with E-state index in [0.29, 0.717) is 0 Å². The molecule has 0 fully saturated rings. The van der Waals surface area contributed by atoms with Gasteiger partial charge in [0.25, 0.3) is 0 Å². The topological polar surface area (TPSA) is 62.4 Å². The third-order valence-electron chi connectivity index (χ3n) is 19.2. The van der Waals surface area contributed by atoms with Gasteiger partial charge in [-0.1, -0.05) is 170 Å². The van der Waals surface area contributed by atoms with Crippen LogP contribution in [0.4, 0.5) is 0 Å². The fourth-order valence-corrected chi connectivity index (χ4v) is 17.7. The molecule has 0 unspecified atom stereocenters. The molecule has 0 saturated heterocycles. The average Bonchev–Trinajstić information content (AvgIpc) is 1.58. The van der Waals surface area contributed by atoms with Crippen LogP contribution in [-0.4, -0.2) is 9.13 Å². The lowest BCUT2D eigenvalue weighted by Crippen LogP contribution is -1.93. The molecule has 22 rings (SSSR count). The lowest BCUT2D eigenvalue weighted by atomic mass is 9.98. The summed E-state index contributed by atoms with van der Waals surface area (Å²) in [4.78, 5) is 0. The lowest BCUT2D eigenvalue weighted by molar-refractivity contribution is 0.668. The van der Waals surface area contributed by atoms with E-state index in [1.165, 1.54) is 106 Å². The van der Waals surface area contributed by atoms with Crippen LogP contribution in [0.5, 0.6) is 0 Å². The standard InChI is InChI=1S/2C42H23NO2S/c1-4-15-33-30(10-1)40-34(21-20-27-25-9-2-5-16-35(25)45-41(27)40)43(33)24-19-22-38-32(23-24)29-14-7-13-28(42(29)46-38)26-12-8-18-37-39(26)31-11-3-6-17-36(31)44-37;1-4-15-34-25(9-1)31-23-39-32(26-10-2-5-16-36(26)45-39)22-35(31)43(34)24-19-20-40-33(21-24)29-14-7-13-28(42(29)46-40)27-12-8-18-38-41(27)30-11-3-6-17-37(30)44-38/h2*1-23H. The molecule has 0 aliphatic rings. The highest BCUT2D eigenvalue weighted by Crippen LogP contribution is 2.49. The molecule has 0 bridgehead atoms. The van der Waals surface area contributed by atoms with Crippen LogP contribution in [0.25, 0.3) is 205 Å². The maximum atomic E-state index is 6.53. The van der Waals surface area contributed by atoms with Crippen molar-refractivity contribution in [2.45, 2.75) is 0 Å². The zero-order valence-electron chi connectivity index (χ0n) is 48.9. The summed E-state index contributed by atoms with van der Waals surface area (Å²) < 4.78 is 35.3. The number of hydrogen-bond acceptors (Lipinski definition) is 6. The molecule has 0 spiro atoms. The maximum absolute atomic E-state index is 6.53. The summed E-state index contributed by atoms with van der Waals surface area (Å²) in [5.74, 6) is 0. The second-order valence-corrected chi connectivity index (χ2v) is 26.2. The van der Waals surface area contributed by atoms with Crippen molar-refractivity contribution in [3.8, 4) is 33.6 Å². The highest BCUT2D eigenvalue weighted by molar-refractivity contribution is 7.26. The van der Waals surface area contributed by atoms with Crippen LogP contribution in [0.3, 0.4) is 0 Å². The minimum absolute atomic E-state index is 0.919. The van der Waals surface area contributed by atoms with Crippen LogP contribution < -0.4 is 0 Å². The van der Waals surface area contributed by atoms with Gasteiger partial charge < -0.3 is 26.8 Å². The quantitative estimate of drug-likeness (QED) is 0.176. The van der Waals surface area contributed by atoms with Crippen molar-refractivity contribution < 1.29 is 17.7 Å². The first-order valence-corrected chi connectivity index (χ1v) is 32.7. The average molecular weight is 1210 g/mol. The molecule has 0 aliphatic heterocycles. The third-order valence-corrected chi connectivity index (χ3v) is 21.7. The first-order chi connectivity index (χ1) is 45.6. The van der Waals surface area contributed by atoms with Gasteiger partial charge in [-0.3, -0.25) is 0 Å². The number of benzene rings is 14. The Balaban J connectivity index is 0.000000124. The predicted octanol–water partition coefficient (Wildman–Crippen LogP) is 25.2. The van der Waals surface area contributed by atoms with Crippen molar-refractivity contribution in [3.05, 3.63) is 279 Å². The van der Waals surface area contributed by atoms with Gasteiger partial charge in [0, 0.05) is 122 Å². The second-order valence-electron chi connectivity index (χ2n) is 24.1. The third kappa shape index (κ3) is 7.07. The first kappa shape index (κ1) is 50.2. The summed E-state index contributed by atoms with van der Waals surface area (Å²) in [6, 6.07) is 99.7. The Morgan fingerprint density at radius 2 is 0.652 bits per heavy atom. The molecule has 6 nitrogen and oxygen atoms in total. The molecule has 0 radical (unpaired) electrons. The van der Waals surface area contributed by atoms with Crippen molar-refractivity contribution in [1.82, 2.24) is 9.13 Å². The summed E-state index contributed by atoms with van der Waals surface area (Å²) >= 11 is 3.73. The van der Waals surface area contributed by atoms with E-state index in [9.17, 15) is 0 Å². The van der Waals surface area contributed by atoms with Crippen LogP contribution in [0.1, 0.15) is 0 Å². The van der Waals surface area contributed by atoms with E-state index in [0.717, 1.165) is 99.3 Å². The lowest BCUT2D eigenvalue weighted by Gasteiger charge is -2.09. The number of thiophene rings is 2. The minimum atomic E-state index is 0.919. The smallest absolute Gasteiger partial charge is 0.145 e. The van der Waals surface area contributed by atoms with Gasteiger partial charge in [0.15, 0.2) is 0 Å². The Morgan fingerprint density at radius 1 is 0.217 bits per heavy atom.